The number of carbonyl (C=O) groups is 1. The third-order valence-corrected chi connectivity index (χ3v) is 7.90. The van der Waals surface area contributed by atoms with Crippen molar-refractivity contribution in [2.75, 3.05) is 67.8 Å². The molecule has 12 heteroatoms. The summed E-state index contributed by atoms with van der Waals surface area (Å²) in [6.45, 7) is 4.14. The molecule has 2 aliphatic heterocycles. The molecule has 0 bridgehead atoms. The summed E-state index contributed by atoms with van der Waals surface area (Å²) in [5.74, 6) is 0.813. The third kappa shape index (κ3) is 5.85. The van der Waals surface area contributed by atoms with Gasteiger partial charge in [-0.25, -0.2) is 0 Å². The summed E-state index contributed by atoms with van der Waals surface area (Å²) in [5, 5.41) is 5.81. The Balaban J connectivity index is 1.50. The number of nitrogen functional groups attached to an aromatic ring is 1. The van der Waals surface area contributed by atoms with E-state index >= 15 is 0 Å². The standard InChI is InChI=1S/C22H32N7O4P/c1-32-34(31,33-2)11-8-24-22-26-20(23)19-21(27-22)29(15-18(30)25-19)14-17-7-5-6-16(12-17)13-28-9-3-4-10-28/h5-7,12H,3-4,8-11,13-15H2,1-2H3,(H,25,30)(H3,23,24,26,27). The van der Waals surface area contributed by atoms with Gasteiger partial charge in [0.2, 0.25) is 11.9 Å². The summed E-state index contributed by atoms with van der Waals surface area (Å²) in [7, 11) is -0.464. The maximum Gasteiger partial charge on any atom is 0.331 e. The largest absolute Gasteiger partial charge is 0.382 e. The second-order valence-electron chi connectivity index (χ2n) is 8.46. The van der Waals surface area contributed by atoms with E-state index in [0.717, 1.165) is 25.2 Å². The van der Waals surface area contributed by atoms with Crippen molar-refractivity contribution < 1.29 is 18.4 Å². The molecule has 1 fully saturated rings. The maximum absolute atomic E-state index is 12.4. The van der Waals surface area contributed by atoms with Gasteiger partial charge in [-0.2, -0.15) is 9.97 Å². The highest BCUT2D eigenvalue weighted by molar-refractivity contribution is 7.53. The Bertz CT molecular complexity index is 1070. The van der Waals surface area contributed by atoms with Gasteiger partial charge < -0.3 is 30.3 Å². The molecule has 1 aromatic heterocycles. The van der Waals surface area contributed by atoms with Crippen LogP contribution in [0.5, 0.6) is 0 Å². The zero-order valence-corrected chi connectivity index (χ0v) is 20.5. The van der Waals surface area contributed by atoms with Crippen LogP contribution in [0.3, 0.4) is 0 Å². The molecule has 1 aromatic carbocycles. The van der Waals surface area contributed by atoms with Gasteiger partial charge in [-0.15, -0.1) is 0 Å². The smallest absolute Gasteiger partial charge is 0.331 e. The zero-order valence-electron chi connectivity index (χ0n) is 19.6. The van der Waals surface area contributed by atoms with Gasteiger partial charge in [-0.1, -0.05) is 24.3 Å². The molecule has 0 atom stereocenters. The van der Waals surface area contributed by atoms with Gasteiger partial charge in [0.15, 0.2) is 11.6 Å². The molecule has 3 heterocycles. The van der Waals surface area contributed by atoms with Gasteiger partial charge in [-0.05, 0) is 37.1 Å². The number of nitrogens with zero attached hydrogens (tertiary/aromatic N) is 4. The number of nitrogens with one attached hydrogen (secondary N) is 2. The quantitative estimate of drug-likeness (QED) is 0.427. The van der Waals surface area contributed by atoms with Crippen LogP contribution in [0.15, 0.2) is 24.3 Å². The second kappa shape index (κ2) is 10.7. The van der Waals surface area contributed by atoms with Gasteiger partial charge >= 0.3 is 7.60 Å². The number of nitrogens with two attached hydrogens (primary N) is 1. The van der Waals surface area contributed by atoms with Crippen LogP contribution in [0.4, 0.5) is 23.3 Å². The number of carbonyl (C=O) groups excluding carboxylic acids is 1. The van der Waals surface area contributed by atoms with E-state index in [1.54, 1.807) is 0 Å². The Morgan fingerprint density at radius 1 is 1.15 bits per heavy atom. The molecule has 11 nitrogen and oxygen atoms in total. The monoisotopic (exact) mass is 489 g/mol. The molecule has 0 unspecified atom stereocenters. The number of hydrogen-bond acceptors (Lipinski definition) is 10. The molecule has 2 aromatic rings. The molecule has 184 valence electrons. The van der Waals surface area contributed by atoms with Crippen molar-refractivity contribution in [2.45, 2.75) is 25.9 Å². The van der Waals surface area contributed by atoms with Crippen LogP contribution in [0.25, 0.3) is 0 Å². The van der Waals surface area contributed by atoms with Crippen molar-refractivity contribution in [2.24, 2.45) is 0 Å². The van der Waals surface area contributed by atoms with Gasteiger partial charge in [0.25, 0.3) is 0 Å². The summed E-state index contributed by atoms with van der Waals surface area (Å²) in [4.78, 5) is 25.5. The number of benzene rings is 1. The first-order valence-corrected chi connectivity index (χ1v) is 13.1. The summed E-state index contributed by atoms with van der Waals surface area (Å²) >= 11 is 0. The summed E-state index contributed by atoms with van der Waals surface area (Å²) in [6.07, 6.45) is 2.65. The number of likely N-dealkylation sites (tertiary alicyclic amines) is 1. The molecule has 34 heavy (non-hydrogen) atoms. The Kier molecular flexibility index (Phi) is 7.67. The molecule has 0 saturated carbocycles. The van der Waals surface area contributed by atoms with E-state index in [1.807, 2.05) is 4.90 Å². The number of fused-ring (bicyclic) bond motifs is 1. The van der Waals surface area contributed by atoms with E-state index in [4.69, 9.17) is 14.8 Å². The van der Waals surface area contributed by atoms with Crippen molar-refractivity contribution in [3.8, 4) is 0 Å². The van der Waals surface area contributed by atoms with E-state index in [1.165, 1.54) is 32.6 Å². The van der Waals surface area contributed by atoms with Gasteiger partial charge in [0, 0.05) is 33.9 Å². The summed E-state index contributed by atoms with van der Waals surface area (Å²) in [6, 6.07) is 8.42. The topological polar surface area (TPSA) is 135 Å². The first-order chi connectivity index (χ1) is 16.4. The van der Waals surface area contributed by atoms with Crippen molar-refractivity contribution in [1.29, 1.82) is 0 Å². The average molecular weight is 490 g/mol. The van der Waals surface area contributed by atoms with E-state index in [-0.39, 0.29) is 36.9 Å². The molecule has 4 rings (SSSR count). The lowest BCUT2D eigenvalue weighted by molar-refractivity contribution is -0.115. The van der Waals surface area contributed by atoms with E-state index in [9.17, 15) is 9.36 Å². The molecule has 0 spiro atoms. The Morgan fingerprint density at radius 2 is 1.85 bits per heavy atom. The Labute approximate surface area is 199 Å². The fourth-order valence-electron chi connectivity index (χ4n) is 4.26. The van der Waals surface area contributed by atoms with Crippen molar-refractivity contribution in [3.05, 3.63) is 35.4 Å². The van der Waals surface area contributed by atoms with Crippen molar-refractivity contribution in [3.63, 3.8) is 0 Å². The van der Waals surface area contributed by atoms with Gasteiger partial charge in [0.1, 0.15) is 5.69 Å². The lowest BCUT2D eigenvalue weighted by Crippen LogP contribution is -2.39. The Morgan fingerprint density at radius 3 is 2.56 bits per heavy atom. The predicted octanol–water partition coefficient (Wildman–Crippen LogP) is 2.51. The minimum absolute atomic E-state index is 0.143. The summed E-state index contributed by atoms with van der Waals surface area (Å²) < 4.78 is 22.2. The molecular formula is C22H32N7O4P. The molecule has 4 N–H and O–H groups in total. The van der Waals surface area contributed by atoms with Crippen LogP contribution in [0.1, 0.15) is 24.0 Å². The van der Waals surface area contributed by atoms with Crippen LogP contribution in [-0.2, 0) is 31.5 Å². The van der Waals surface area contributed by atoms with E-state index < -0.39 is 7.60 Å². The minimum atomic E-state index is -3.16. The Hall–Kier alpha value is -2.72. The lowest BCUT2D eigenvalue weighted by atomic mass is 10.1. The minimum Gasteiger partial charge on any atom is -0.382 e. The highest BCUT2D eigenvalue weighted by atomic mass is 31.2. The molecular weight excluding hydrogens is 457 g/mol. The van der Waals surface area contributed by atoms with Gasteiger partial charge in [0.05, 0.1) is 12.7 Å². The second-order valence-corrected chi connectivity index (χ2v) is 10.9. The SMILES string of the molecule is COP(=O)(CCNc1nc(N)c2c(n1)N(Cc1cccc(CN3CCCC3)c1)CC(=O)N2)OC. The normalized spacial score (nSPS) is 16.4. The number of rotatable bonds is 10. The average Bonchev–Trinajstić information content (AvgIpc) is 3.33. The third-order valence-electron chi connectivity index (χ3n) is 6.01. The number of hydrogen-bond donors (Lipinski definition) is 3. The molecule has 1 saturated heterocycles. The lowest BCUT2D eigenvalue weighted by Gasteiger charge is -2.30. The molecule has 1 amide bonds. The fourth-order valence-corrected chi connectivity index (χ4v) is 5.16. The first kappa shape index (κ1) is 24.4. The number of aromatic nitrogens is 2. The van der Waals surface area contributed by atoms with E-state index in [2.05, 4.69) is 49.8 Å². The summed E-state index contributed by atoms with van der Waals surface area (Å²) in [5.41, 5.74) is 8.88. The highest BCUT2D eigenvalue weighted by Gasteiger charge is 2.27. The number of anilines is 4. The maximum atomic E-state index is 12.4. The van der Waals surface area contributed by atoms with Crippen LogP contribution in [0, 0.1) is 0 Å². The van der Waals surface area contributed by atoms with Gasteiger partial charge in [-0.3, -0.25) is 14.3 Å². The highest BCUT2D eigenvalue weighted by Crippen LogP contribution is 2.45. The molecule has 0 radical (unpaired) electrons. The van der Waals surface area contributed by atoms with Crippen molar-refractivity contribution >= 4 is 36.8 Å². The van der Waals surface area contributed by atoms with Crippen LogP contribution >= 0.6 is 7.60 Å². The van der Waals surface area contributed by atoms with Crippen LogP contribution in [0.2, 0.25) is 0 Å². The molecule has 0 aliphatic carbocycles. The number of amides is 1. The van der Waals surface area contributed by atoms with Crippen LogP contribution in [-0.4, -0.2) is 67.3 Å². The van der Waals surface area contributed by atoms with E-state index in [0.29, 0.717) is 18.1 Å². The van der Waals surface area contributed by atoms with Crippen LogP contribution < -0.4 is 21.3 Å². The molecule has 2 aliphatic rings. The van der Waals surface area contributed by atoms with Crippen molar-refractivity contribution in [1.82, 2.24) is 14.9 Å². The fraction of sp³-hybridized carbons (Fsp3) is 0.500. The predicted molar refractivity (Wildman–Crippen MR) is 132 cm³/mol. The first-order valence-electron chi connectivity index (χ1n) is 11.4. The zero-order chi connectivity index (χ0) is 24.1.